The Labute approximate surface area is 149 Å². The highest BCUT2D eigenvalue weighted by Crippen LogP contribution is 2.25. The molecule has 0 aliphatic heterocycles. The van der Waals surface area contributed by atoms with Crippen LogP contribution < -0.4 is 0 Å². The summed E-state index contributed by atoms with van der Waals surface area (Å²) >= 11 is 0. The van der Waals surface area contributed by atoms with Gasteiger partial charge in [0.2, 0.25) is 0 Å². The molecular formula is C22H34O2. The number of aliphatic hydroxyl groups excluding tert-OH is 2. The van der Waals surface area contributed by atoms with Crippen molar-refractivity contribution in [3.05, 3.63) is 61.1 Å². The quantitative estimate of drug-likeness (QED) is 0.487. The Bertz CT molecular complexity index is 399. The molecular weight excluding hydrogens is 296 g/mol. The minimum Gasteiger partial charge on any atom is -0.396 e. The van der Waals surface area contributed by atoms with E-state index >= 15 is 0 Å². The van der Waals surface area contributed by atoms with Gasteiger partial charge < -0.3 is 10.2 Å². The zero-order valence-electron chi connectivity index (χ0n) is 15.1. The van der Waals surface area contributed by atoms with Crippen LogP contribution in [0.25, 0.3) is 0 Å². The van der Waals surface area contributed by atoms with Crippen molar-refractivity contribution in [2.24, 2.45) is 0 Å². The first kappa shape index (κ1) is 21.2. The molecule has 0 aliphatic rings. The van der Waals surface area contributed by atoms with Gasteiger partial charge in [0.05, 0.1) is 0 Å². The van der Waals surface area contributed by atoms with Crippen LogP contribution >= 0.6 is 0 Å². The summed E-state index contributed by atoms with van der Waals surface area (Å²) in [4.78, 5) is 0. The Morgan fingerprint density at radius 2 is 1.12 bits per heavy atom. The molecule has 0 fully saturated rings. The van der Waals surface area contributed by atoms with Crippen molar-refractivity contribution in [2.75, 3.05) is 13.2 Å². The van der Waals surface area contributed by atoms with Gasteiger partial charge in [0.25, 0.3) is 0 Å². The normalized spacial score (nSPS) is 11.2. The molecule has 0 aliphatic carbocycles. The summed E-state index contributed by atoms with van der Waals surface area (Å²) < 4.78 is 0. The van der Waals surface area contributed by atoms with Crippen LogP contribution in [0.5, 0.6) is 0 Å². The number of aryl methyl sites for hydroxylation is 2. The Hall–Kier alpha value is -0.860. The highest BCUT2D eigenvalue weighted by atomic mass is 16.3. The van der Waals surface area contributed by atoms with Crippen LogP contribution in [0.3, 0.4) is 0 Å². The van der Waals surface area contributed by atoms with Gasteiger partial charge in [-0.05, 0) is 86.5 Å². The average Bonchev–Trinajstić information content (AvgIpc) is 2.60. The van der Waals surface area contributed by atoms with Crippen molar-refractivity contribution in [3.63, 3.8) is 0 Å². The molecule has 134 valence electrons. The second kappa shape index (κ2) is 13.4. The summed E-state index contributed by atoms with van der Waals surface area (Å²) in [6.45, 7) is 8.40. The molecule has 1 aromatic rings. The maximum atomic E-state index is 9.05. The fourth-order valence-electron chi connectivity index (χ4n) is 2.92. The second-order valence-corrected chi connectivity index (χ2v) is 6.30. The lowest BCUT2D eigenvalue weighted by Gasteiger charge is -2.17. The molecule has 1 rings (SSSR count). The predicted molar refractivity (Wildman–Crippen MR) is 102 cm³/mol. The number of hydrogen-bond acceptors (Lipinski definition) is 2. The van der Waals surface area contributed by atoms with Gasteiger partial charge in [-0.25, -0.2) is 0 Å². The minimum atomic E-state index is 0.260. The van der Waals surface area contributed by atoms with Crippen molar-refractivity contribution in [1.29, 1.82) is 0 Å². The third-order valence-corrected chi connectivity index (χ3v) is 4.25. The molecule has 4 radical (unpaired) electrons. The molecule has 0 bridgehead atoms. The Morgan fingerprint density at radius 3 is 1.46 bits per heavy atom. The molecule has 2 nitrogen and oxygen atoms in total. The van der Waals surface area contributed by atoms with E-state index in [1.807, 2.05) is 0 Å². The first-order valence-electron chi connectivity index (χ1n) is 9.39. The first-order valence-corrected chi connectivity index (χ1v) is 9.39. The second-order valence-electron chi connectivity index (χ2n) is 6.30. The Morgan fingerprint density at radius 1 is 0.708 bits per heavy atom. The van der Waals surface area contributed by atoms with Crippen LogP contribution in [-0.4, -0.2) is 23.4 Å². The molecule has 2 N–H and O–H groups in total. The molecule has 0 amide bonds. The number of hydrogen-bond donors (Lipinski definition) is 2. The third-order valence-electron chi connectivity index (χ3n) is 4.25. The molecule has 24 heavy (non-hydrogen) atoms. The van der Waals surface area contributed by atoms with Gasteiger partial charge in [-0.15, -0.1) is 0 Å². The maximum Gasteiger partial charge on any atom is 0.0431 e. The molecule has 0 heterocycles. The van der Waals surface area contributed by atoms with E-state index in [4.69, 9.17) is 10.2 Å². The zero-order valence-corrected chi connectivity index (χ0v) is 15.1. The van der Waals surface area contributed by atoms with Crippen LogP contribution in [0.15, 0.2) is 12.1 Å². The van der Waals surface area contributed by atoms with E-state index in [0.717, 1.165) is 64.2 Å². The lowest BCUT2D eigenvalue weighted by molar-refractivity contribution is 0.283. The SMILES string of the molecule is [CH2]CC[CH]c1cc(CCCCO)c(CCCCO)cc1[CH]CC[CH2]. The topological polar surface area (TPSA) is 40.5 Å². The molecule has 0 atom stereocenters. The van der Waals surface area contributed by atoms with Crippen LogP contribution in [0.2, 0.25) is 0 Å². The largest absolute Gasteiger partial charge is 0.396 e. The molecule has 0 saturated carbocycles. The number of unbranched alkanes of at least 4 members (excludes halogenated alkanes) is 4. The van der Waals surface area contributed by atoms with Gasteiger partial charge >= 0.3 is 0 Å². The van der Waals surface area contributed by atoms with E-state index in [9.17, 15) is 0 Å². The number of benzene rings is 1. The molecule has 1 aromatic carbocycles. The van der Waals surface area contributed by atoms with Crippen molar-refractivity contribution in [2.45, 2.75) is 64.2 Å². The van der Waals surface area contributed by atoms with Crippen LogP contribution in [0, 0.1) is 26.7 Å². The molecule has 0 unspecified atom stereocenters. The molecule has 2 heteroatoms. The van der Waals surface area contributed by atoms with Crippen LogP contribution in [0.1, 0.15) is 73.6 Å². The standard InChI is InChI=1S/C22H34O2/c1-3-5-11-19-17-21(13-7-9-15-23)22(14-8-10-16-24)18-20(19)12-6-4-2/h11-12,17-18,23-24H,1-10,13-16H2. The third kappa shape index (κ3) is 7.81. The van der Waals surface area contributed by atoms with E-state index in [0.29, 0.717) is 0 Å². The van der Waals surface area contributed by atoms with E-state index in [1.54, 1.807) is 0 Å². The smallest absolute Gasteiger partial charge is 0.0431 e. The highest BCUT2D eigenvalue weighted by Gasteiger charge is 2.10. The van der Waals surface area contributed by atoms with Gasteiger partial charge in [0, 0.05) is 13.2 Å². The lowest BCUT2D eigenvalue weighted by Crippen LogP contribution is -2.02. The summed E-state index contributed by atoms with van der Waals surface area (Å²) in [5.41, 5.74) is 5.39. The zero-order chi connectivity index (χ0) is 17.6. The van der Waals surface area contributed by atoms with Gasteiger partial charge in [-0.2, -0.15) is 0 Å². The highest BCUT2D eigenvalue weighted by molar-refractivity contribution is 5.45. The molecule has 0 aromatic heterocycles. The fraction of sp³-hybridized carbons (Fsp3) is 0.545. The van der Waals surface area contributed by atoms with Gasteiger partial charge in [0.15, 0.2) is 0 Å². The van der Waals surface area contributed by atoms with E-state index in [-0.39, 0.29) is 13.2 Å². The monoisotopic (exact) mass is 330 g/mol. The Balaban J connectivity index is 2.99. The lowest BCUT2D eigenvalue weighted by atomic mass is 9.89. The minimum absolute atomic E-state index is 0.260. The average molecular weight is 331 g/mol. The van der Waals surface area contributed by atoms with E-state index in [2.05, 4.69) is 38.8 Å². The van der Waals surface area contributed by atoms with Crippen LogP contribution in [0.4, 0.5) is 0 Å². The number of aliphatic hydroxyl groups is 2. The number of rotatable bonds is 14. The summed E-state index contributed by atoms with van der Waals surface area (Å²) in [6.07, 6.45) is 14.1. The van der Waals surface area contributed by atoms with Crippen molar-refractivity contribution < 1.29 is 10.2 Å². The maximum absolute atomic E-state index is 9.05. The molecule has 0 saturated heterocycles. The fourth-order valence-corrected chi connectivity index (χ4v) is 2.92. The summed E-state index contributed by atoms with van der Waals surface area (Å²) in [7, 11) is 0. The van der Waals surface area contributed by atoms with E-state index in [1.165, 1.54) is 22.3 Å². The van der Waals surface area contributed by atoms with Gasteiger partial charge in [-0.1, -0.05) is 38.8 Å². The van der Waals surface area contributed by atoms with Gasteiger partial charge in [0.1, 0.15) is 0 Å². The first-order chi connectivity index (χ1) is 11.8. The van der Waals surface area contributed by atoms with Crippen molar-refractivity contribution in [1.82, 2.24) is 0 Å². The van der Waals surface area contributed by atoms with Crippen LogP contribution in [-0.2, 0) is 12.8 Å². The summed E-state index contributed by atoms with van der Waals surface area (Å²) in [5.74, 6) is 0. The van der Waals surface area contributed by atoms with E-state index < -0.39 is 0 Å². The summed E-state index contributed by atoms with van der Waals surface area (Å²) in [6, 6.07) is 4.66. The van der Waals surface area contributed by atoms with Crippen molar-refractivity contribution >= 4 is 0 Å². The van der Waals surface area contributed by atoms with Crippen molar-refractivity contribution in [3.8, 4) is 0 Å². The molecule has 0 spiro atoms. The Kier molecular flexibility index (Phi) is 11.9. The van der Waals surface area contributed by atoms with Gasteiger partial charge in [-0.3, -0.25) is 0 Å². The predicted octanol–water partition coefficient (Wildman–Crippen LogP) is 4.65. The summed E-state index contributed by atoms with van der Waals surface area (Å²) in [5, 5.41) is 18.1.